The average Bonchev–Trinajstić information content (AvgIpc) is 2.39. The van der Waals surface area contributed by atoms with E-state index in [2.05, 4.69) is 26.7 Å². The van der Waals surface area contributed by atoms with Gasteiger partial charge in [-0.3, -0.25) is 9.80 Å². The van der Waals surface area contributed by atoms with E-state index in [9.17, 15) is 0 Å². The minimum absolute atomic E-state index is 0.328. The van der Waals surface area contributed by atoms with Crippen molar-refractivity contribution in [1.82, 2.24) is 19.8 Å². The van der Waals surface area contributed by atoms with Gasteiger partial charge in [-0.05, 0) is 13.3 Å². The van der Waals surface area contributed by atoms with Gasteiger partial charge in [-0.25, -0.2) is 9.97 Å². The van der Waals surface area contributed by atoms with Crippen LogP contribution in [0.25, 0.3) is 0 Å². The SMILES string of the molecule is CCc1c(C)nc(C2CN3CCN2CC3)nc1Cl. The summed E-state index contributed by atoms with van der Waals surface area (Å²) in [6.45, 7) is 9.77. The van der Waals surface area contributed by atoms with E-state index in [-0.39, 0.29) is 0 Å². The lowest BCUT2D eigenvalue weighted by Gasteiger charge is -2.46. The second kappa shape index (κ2) is 4.76. The van der Waals surface area contributed by atoms with E-state index in [0.29, 0.717) is 11.2 Å². The van der Waals surface area contributed by atoms with Crippen molar-refractivity contribution < 1.29 is 0 Å². The number of piperazine rings is 3. The van der Waals surface area contributed by atoms with Gasteiger partial charge < -0.3 is 0 Å². The number of nitrogens with zero attached hydrogens (tertiary/aromatic N) is 4. The molecule has 1 atom stereocenters. The van der Waals surface area contributed by atoms with Crippen LogP contribution in [0.4, 0.5) is 0 Å². The summed E-state index contributed by atoms with van der Waals surface area (Å²) in [5.74, 6) is 0.902. The first-order valence-electron chi connectivity index (χ1n) is 6.68. The van der Waals surface area contributed by atoms with E-state index in [1.165, 1.54) is 13.1 Å². The highest BCUT2D eigenvalue weighted by molar-refractivity contribution is 6.30. The molecule has 0 saturated carbocycles. The highest BCUT2D eigenvalue weighted by atomic mass is 35.5. The number of halogens is 1. The van der Waals surface area contributed by atoms with Gasteiger partial charge in [0.1, 0.15) is 11.0 Å². The van der Waals surface area contributed by atoms with Crippen LogP contribution < -0.4 is 0 Å². The third kappa shape index (κ3) is 2.02. The number of fused-ring (bicyclic) bond motifs is 3. The van der Waals surface area contributed by atoms with E-state index in [0.717, 1.165) is 43.1 Å². The van der Waals surface area contributed by atoms with Crippen molar-refractivity contribution in [2.45, 2.75) is 26.3 Å². The third-order valence-corrected chi connectivity index (χ3v) is 4.42. The zero-order valence-corrected chi connectivity index (χ0v) is 11.7. The molecule has 0 aromatic carbocycles. The molecule has 3 aliphatic rings. The first-order chi connectivity index (χ1) is 8.69. The van der Waals surface area contributed by atoms with E-state index in [1.54, 1.807) is 0 Å². The molecule has 1 unspecified atom stereocenters. The lowest BCUT2D eigenvalue weighted by atomic mass is 10.1. The van der Waals surface area contributed by atoms with Gasteiger partial charge in [0.25, 0.3) is 0 Å². The summed E-state index contributed by atoms with van der Waals surface area (Å²) in [4.78, 5) is 14.2. The van der Waals surface area contributed by atoms with Crippen LogP contribution in [0.2, 0.25) is 5.15 Å². The first-order valence-corrected chi connectivity index (χ1v) is 7.06. The summed E-state index contributed by atoms with van der Waals surface area (Å²) >= 11 is 6.27. The van der Waals surface area contributed by atoms with Crippen molar-refractivity contribution >= 4 is 11.6 Å². The predicted molar refractivity (Wildman–Crippen MR) is 71.9 cm³/mol. The Kier molecular flexibility index (Phi) is 3.26. The monoisotopic (exact) mass is 266 g/mol. The van der Waals surface area contributed by atoms with Gasteiger partial charge in [-0.15, -0.1) is 0 Å². The summed E-state index contributed by atoms with van der Waals surface area (Å²) < 4.78 is 0. The molecule has 18 heavy (non-hydrogen) atoms. The Morgan fingerprint density at radius 2 is 1.94 bits per heavy atom. The van der Waals surface area contributed by atoms with Crippen LogP contribution in [-0.4, -0.2) is 52.5 Å². The Hall–Kier alpha value is -0.710. The average molecular weight is 267 g/mol. The van der Waals surface area contributed by atoms with Gasteiger partial charge in [-0.1, -0.05) is 18.5 Å². The number of hydrogen-bond acceptors (Lipinski definition) is 4. The molecule has 4 rings (SSSR count). The van der Waals surface area contributed by atoms with E-state index < -0.39 is 0 Å². The van der Waals surface area contributed by atoms with Crippen molar-refractivity contribution in [3.8, 4) is 0 Å². The molecule has 2 bridgehead atoms. The summed E-state index contributed by atoms with van der Waals surface area (Å²) in [6.07, 6.45) is 0.894. The number of rotatable bonds is 2. The molecule has 0 aliphatic carbocycles. The van der Waals surface area contributed by atoms with Gasteiger partial charge in [-0.2, -0.15) is 0 Å². The second-order valence-electron chi connectivity index (χ2n) is 5.14. The molecule has 0 N–H and O–H groups in total. The highest BCUT2D eigenvalue weighted by Crippen LogP contribution is 2.28. The molecule has 3 saturated heterocycles. The smallest absolute Gasteiger partial charge is 0.148 e. The first kappa shape index (κ1) is 12.3. The van der Waals surface area contributed by atoms with E-state index in [4.69, 9.17) is 11.6 Å². The Morgan fingerprint density at radius 1 is 1.22 bits per heavy atom. The number of aromatic nitrogens is 2. The van der Waals surface area contributed by atoms with E-state index >= 15 is 0 Å². The van der Waals surface area contributed by atoms with Crippen molar-refractivity contribution in [3.63, 3.8) is 0 Å². The zero-order chi connectivity index (χ0) is 12.7. The summed E-state index contributed by atoms with van der Waals surface area (Å²) in [5, 5.41) is 0.637. The molecule has 3 aliphatic heterocycles. The van der Waals surface area contributed by atoms with Crippen LogP contribution in [-0.2, 0) is 6.42 Å². The normalized spacial score (nSPS) is 30.7. The van der Waals surface area contributed by atoms with Crippen molar-refractivity contribution in [2.75, 3.05) is 32.7 Å². The molecule has 4 nitrogen and oxygen atoms in total. The van der Waals surface area contributed by atoms with Crippen LogP contribution in [0, 0.1) is 6.92 Å². The molecular formula is C13H19ClN4. The van der Waals surface area contributed by atoms with Crippen LogP contribution in [0.5, 0.6) is 0 Å². The van der Waals surface area contributed by atoms with Crippen LogP contribution in [0.3, 0.4) is 0 Å². The molecule has 1 aromatic rings. The fourth-order valence-corrected chi connectivity index (χ4v) is 3.35. The highest BCUT2D eigenvalue weighted by Gasteiger charge is 2.34. The fraction of sp³-hybridized carbons (Fsp3) is 0.692. The Bertz CT molecular complexity index is 431. The van der Waals surface area contributed by atoms with Crippen LogP contribution in [0.15, 0.2) is 0 Å². The summed E-state index contributed by atoms with van der Waals surface area (Å²) in [6, 6.07) is 0.328. The maximum absolute atomic E-state index is 6.27. The van der Waals surface area contributed by atoms with Gasteiger partial charge in [0, 0.05) is 44.0 Å². The van der Waals surface area contributed by atoms with Crippen molar-refractivity contribution in [1.29, 1.82) is 0 Å². The molecule has 0 amide bonds. The maximum atomic E-state index is 6.27. The molecule has 0 radical (unpaired) electrons. The van der Waals surface area contributed by atoms with Crippen molar-refractivity contribution in [3.05, 3.63) is 22.2 Å². The maximum Gasteiger partial charge on any atom is 0.148 e. The number of hydrogen-bond donors (Lipinski definition) is 0. The summed E-state index contributed by atoms with van der Waals surface area (Å²) in [7, 11) is 0. The minimum atomic E-state index is 0.328. The zero-order valence-electron chi connectivity index (χ0n) is 11.0. The Labute approximate surface area is 113 Å². The largest absolute Gasteiger partial charge is 0.299 e. The minimum Gasteiger partial charge on any atom is -0.299 e. The Morgan fingerprint density at radius 3 is 2.44 bits per heavy atom. The lowest BCUT2D eigenvalue weighted by molar-refractivity contribution is 0.00857. The second-order valence-corrected chi connectivity index (χ2v) is 5.50. The van der Waals surface area contributed by atoms with Gasteiger partial charge >= 0.3 is 0 Å². The quantitative estimate of drug-likeness (QED) is 0.763. The summed E-state index contributed by atoms with van der Waals surface area (Å²) in [5.41, 5.74) is 2.11. The predicted octanol–water partition coefficient (Wildman–Crippen LogP) is 1.67. The molecule has 4 heterocycles. The van der Waals surface area contributed by atoms with Crippen LogP contribution in [0.1, 0.15) is 30.0 Å². The number of aryl methyl sites for hydroxylation is 1. The van der Waals surface area contributed by atoms with E-state index in [1.807, 2.05) is 6.92 Å². The topological polar surface area (TPSA) is 32.3 Å². The lowest BCUT2D eigenvalue weighted by Crippen LogP contribution is -2.57. The fourth-order valence-electron chi connectivity index (χ4n) is 2.99. The van der Waals surface area contributed by atoms with Gasteiger partial charge in [0.15, 0.2) is 0 Å². The van der Waals surface area contributed by atoms with Gasteiger partial charge in [0.2, 0.25) is 0 Å². The molecule has 0 spiro atoms. The molecular weight excluding hydrogens is 248 g/mol. The molecule has 1 aromatic heterocycles. The molecule has 3 fully saturated rings. The van der Waals surface area contributed by atoms with Gasteiger partial charge in [0.05, 0.1) is 6.04 Å². The van der Waals surface area contributed by atoms with Crippen LogP contribution >= 0.6 is 11.6 Å². The third-order valence-electron chi connectivity index (χ3n) is 4.11. The Balaban J connectivity index is 1.93. The molecule has 5 heteroatoms. The van der Waals surface area contributed by atoms with Crippen molar-refractivity contribution in [2.24, 2.45) is 0 Å². The molecule has 98 valence electrons. The standard InChI is InChI=1S/C13H19ClN4/c1-3-10-9(2)15-13(16-12(10)14)11-8-17-4-6-18(11)7-5-17/h11H,3-8H2,1-2H3.